The highest BCUT2D eigenvalue weighted by atomic mass is 32.2. The van der Waals surface area contributed by atoms with Crippen molar-refractivity contribution in [2.75, 3.05) is 6.61 Å². The van der Waals surface area contributed by atoms with E-state index >= 15 is 0 Å². The summed E-state index contributed by atoms with van der Waals surface area (Å²) >= 11 is 0. The second-order valence-corrected chi connectivity index (χ2v) is 10.7. The Morgan fingerprint density at radius 3 is 2.21 bits per heavy atom. The van der Waals surface area contributed by atoms with Gasteiger partial charge in [-0.3, -0.25) is 4.55 Å². The van der Waals surface area contributed by atoms with Crippen LogP contribution >= 0.6 is 0 Å². The molecule has 12 heteroatoms. The highest BCUT2D eigenvalue weighted by Crippen LogP contribution is 2.31. The lowest BCUT2D eigenvalue weighted by Gasteiger charge is -2.12. The van der Waals surface area contributed by atoms with Crippen LogP contribution in [0.25, 0.3) is 0 Å². The molecule has 0 amide bonds. The molecule has 0 saturated heterocycles. The number of esters is 2. The van der Waals surface area contributed by atoms with Crippen LogP contribution in [-0.4, -0.2) is 41.7 Å². The van der Waals surface area contributed by atoms with Crippen molar-refractivity contribution in [3.05, 3.63) is 95.6 Å². The minimum absolute atomic E-state index is 0.0826. The number of azo groups is 1. The van der Waals surface area contributed by atoms with E-state index in [4.69, 9.17) is 9.47 Å². The molecule has 3 rings (SSSR count). The van der Waals surface area contributed by atoms with Crippen LogP contribution in [0.1, 0.15) is 59.0 Å². The summed E-state index contributed by atoms with van der Waals surface area (Å²) in [6, 6.07) is 15.1. The third-order valence-electron chi connectivity index (χ3n) is 6.17. The van der Waals surface area contributed by atoms with Gasteiger partial charge in [0, 0.05) is 6.08 Å². The number of benzene rings is 3. The lowest BCUT2D eigenvalue weighted by Crippen LogP contribution is -2.11. The van der Waals surface area contributed by atoms with Crippen molar-refractivity contribution in [3.63, 3.8) is 0 Å². The van der Waals surface area contributed by atoms with Gasteiger partial charge in [0.25, 0.3) is 10.1 Å². The van der Waals surface area contributed by atoms with Gasteiger partial charge in [0.2, 0.25) is 0 Å². The van der Waals surface area contributed by atoms with Gasteiger partial charge >= 0.3 is 11.9 Å². The molecule has 3 aromatic carbocycles. The van der Waals surface area contributed by atoms with Gasteiger partial charge in [0.1, 0.15) is 5.75 Å². The first-order chi connectivity index (χ1) is 20.0. The molecular formula is C30H32N2O9S. The monoisotopic (exact) mass is 596 g/mol. The zero-order valence-corrected chi connectivity index (χ0v) is 23.8. The Balaban J connectivity index is 1.59. The van der Waals surface area contributed by atoms with Crippen LogP contribution in [0.5, 0.6) is 5.75 Å². The molecule has 0 aliphatic carbocycles. The van der Waals surface area contributed by atoms with Crippen LogP contribution in [0.4, 0.5) is 11.4 Å². The molecule has 0 bridgehead atoms. The van der Waals surface area contributed by atoms with Gasteiger partial charge in [-0.1, -0.05) is 37.6 Å². The van der Waals surface area contributed by atoms with Crippen molar-refractivity contribution in [3.8, 4) is 5.75 Å². The van der Waals surface area contributed by atoms with Crippen LogP contribution in [0.15, 0.2) is 88.4 Å². The Hall–Kier alpha value is -4.23. The van der Waals surface area contributed by atoms with Gasteiger partial charge in [-0.05, 0) is 79.8 Å². The van der Waals surface area contributed by atoms with E-state index in [1.807, 2.05) is 12.1 Å². The van der Waals surface area contributed by atoms with Gasteiger partial charge in [0.15, 0.2) is 6.29 Å². The number of rotatable bonds is 14. The van der Waals surface area contributed by atoms with E-state index in [1.165, 1.54) is 37.3 Å². The summed E-state index contributed by atoms with van der Waals surface area (Å²) in [6.45, 7) is 5.24. The number of nitrogens with zero attached hydrogens (tertiary/aromatic N) is 2. The molecule has 3 aromatic rings. The molecule has 3 N–H and O–H groups in total. The normalized spacial score (nSPS) is 11.5. The van der Waals surface area contributed by atoms with Crippen molar-refractivity contribution in [1.82, 2.24) is 0 Å². The minimum atomic E-state index is -4.44. The van der Waals surface area contributed by atoms with Gasteiger partial charge in [0.05, 0.1) is 34.0 Å². The van der Waals surface area contributed by atoms with E-state index in [-0.39, 0.29) is 33.1 Å². The predicted octanol–water partition coefficient (Wildman–Crippen LogP) is 5.69. The van der Waals surface area contributed by atoms with Gasteiger partial charge in [-0.15, -0.1) is 0 Å². The molecule has 0 atom stereocenters. The van der Waals surface area contributed by atoms with E-state index in [2.05, 4.69) is 16.8 Å². The van der Waals surface area contributed by atoms with Crippen LogP contribution in [0.2, 0.25) is 0 Å². The lowest BCUT2D eigenvalue weighted by molar-refractivity contribution is -0.137. The van der Waals surface area contributed by atoms with E-state index < -0.39 is 28.3 Å². The van der Waals surface area contributed by atoms with Crippen molar-refractivity contribution >= 4 is 33.4 Å². The van der Waals surface area contributed by atoms with Crippen LogP contribution in [0.3, 0.4) is 0 Å². The Morgan fingerprint density at radius 1 is 0.929 bits per heavy atom. The molecule has 0 spiro atoms. The average Bonchev–Trinajstić information content (AvgIpc) is 2.96. The first-order valence-electron chi connectivity index (χ1n) is 13.1. The summed E-state index contributed by atoms with van der Waals surface area (Å²) in [6.07, 6.45) is 3.59. The highest BCUT2D eigenvalue weighted by molar-refractivity contribution is 7.85. The largest absolute Gasteiger partial charge is 0.463 e. The predicted molar refractivity (Wildman–Crippen MR) is 154 cm³/mol. The minimum Gasteiger partial charge on any atom is -0.463 e. The molecular weight excluding hydrogens is 564 g/mol. The second-order valence-electron chi connectivity index (χ2n) is 9.34. The number of aliphatic hydroxyl groups excluding tert-OH is 1. The molecule has 0 aromatic heterocycles. The Morgan fingerprint density at radius 2 is 1.57 bits per heavy atom. The van der Waals surface area contributed by atoms with Crippen LogP contribution in [-0.2, 0) is 26.1 Å². The molecule has 42 heavy (non-hydrogen) atoms. The van der Waals surface area contributed by atoms with E-state index in [1.54, 1.807) is 12.1 Å². The Bertz CT molecular complexity index is 1550. The van der Waals surface area contributed by atoms with Gasteiger partial charge < -0.3 is 19.7 Å². The number of hydrogen-bond acceptors (Lipinski definition) is 10. The van der Waals surface area contributed by atoms with Crippen molar-refractivity contribution in [1.29, 1.82) is 0 Å². The number of hydrogen-bond donors (Lipinski definition) is 3. The third-order valence-corrected chi connectivity index (χ3v) is 7.16. The Labute approximate surface area is 243 Å². The topological polar surface area (TPSA) is 172 Å². The second kappa shape index (κ2) is 15.1. The first-order valence-corrected chi connectivity index (χ1v) is 14.5. The molecule has 0 fully saturated rings. The molecule has 0 radical (unpaired) electrons. The van der Waals surface area contributed by atoms with Crippen molar-refractivity contribution < 1.29 is 42.2 Å². The van der Waals surface area contributed by atoms with E-state index in [9.17, 15) is 32.8 Å². The summed E-state index contributed by atoms with van der Waals surface area (Å²) in [5.41, 5.74) is 1.85. The van der Waals surface area contributed by atoms with Crippen LogP contribution in [0, 0.1) is 6.92 Å². The van der Waals surface area contributed by atoms with E-state index in [0.717, 1.165) is 49.8 Å². The summed E-state index contributed by atoms with van der Waals surface area (Å²) in [7, 11) is -4.44. The molecule has 222 valence electrons. The fraction of sp³-hybridized carbons (Fsp3) is 0.267. The number of unbranched alkanes of at least 4 members (excludes halogenated alkanes) is 3. The van der Waals surface area contributed by atoms with Crippen molar-refractivity contribution in [2.45, 2.75) is 50.2 Å². The molecule has 0 saturated carbocycles. The van der Waals surface area contributed by atoms with Crippen molar-refractivity contribution in [2.24, 2.45) is 10.2 Å². The fourth-order valence-electron chi connectivity index (χ4n) is 3.92. The standard InChI is InChI=1S/C30H32N2O9S/c1-3-28(33)40-17-7-5-4-6-8-21-10-12-22(13-11-21)30(36)41-26-16-15-23(18-25(26)29(34)35)31-32-24-14-9-20(2)27(19-24)42(37,38)39/h3,9-16,18-19,29,34-35H,1,4-8,17H2,2H3,(H,37,38,39)/b32-31+. The molecule has 0 aliphatic heterocycles. The number of carbonyl (C=O) groups excluding carboxylic acids is 2. The number of ether oxygens (including phenoxy) is 2. The zero-order chi connectivity index (χ0) is 30.7. The maximum Gasteiger partial charge on any atom is 0.343 e. The van der Waals surface area contributed by atoms with Gasteiger partial charge in [-0.2, -0.15) is 18.6 Å². The number of aliphatic hydroxyl groups is 2. The average molecular weight is 597 g/mol. The maximum atomic E-state index is 12.7. The fourth-order valence-corrected chi connectivity index (χ4v) is 4.66. The first kappa shape index (κ1) is 32.3. The lowest BCUT2D eigenvalue weighted by atomic mass is 10.0. The molecule has 11 nitrogen and oxygen atoms in total. The smallest absolute Gasteiger partial charge is 0.343 e. The zero-order valence-electron chi connectivity index (χ0n) is 23.0. The van der Waals surface area contributed by atoms with Crippen LogP contribution < -0.4 is 4.74 Å². The third kappa shape index (κ3) is 9.70. The quantitative estimate of drug-likeness (QED) is 0.0402. The maximum absolute atomic E-state index is 12.7. The van der Waals surface area contributed by atoms with E-state index in [0.29, 0.717) is 12.2 Å². The molecule has 0 aliphatic rings. The summed E-state index contributed by atoms with van der Waals surface area (Å²) < 4.78 is 42.8. The summed E-state index contributed by atoms with van der Waals surface area (Å²) in [5, 5.41) is 27.6. The number of carbonyl (C=O) groups is 2. The number of aryl methyl sites for hydroxylation is 2. The molecule has 0 heterocycles. The Kier molecular flexibility index (Phi) is 11.6. The molecule has 0 unspecified atom stereocenters. The summed E-state index contributed by atoms with van der Waals surface area (Å²) in [5.74, 6) is -1.19. The SMILES string of the molecule is C=CC(=O)OCCCCCCc1ccc(C(=O)Oc2ccc(/N=N/c3ccc(C)c(S(=O)(=O)O)c3)cc2C(O)O)cc1. The summed E-state index contributed by atoms with van der Waals surface area (Å²) in [4.78, 5) is 23.4. The van der Waals surface area contributed by atoms with Gasteiger partial charge in [-0.25, -0.2) is 9.59 Å². The highest BCUT2D eigenvalue weighted by Gasteiger charge is 2.17.